The Bertz CT molecular complexity index is 595. The summed E-state index contributed by atoms with van der Waals surface area (Å²) in [4.78, 5) is 0.234. The van der Waals surface area contributed by atoms with Crippen molar-refractivity contribution < 1.29 is 13.5 Å². The van der Waals surface area contributed by atoms with E-state index in [2.05, 4.69) is 4.72 Å². The molecule has 120 valence electrons. The van der Waals surface area contributed by atoms with Crippen LogP contribution in [-0.2, 0) is 10.0 Å². The van der Waals surface area contributed by atoms with Crippen molar-refractivity contribution >= 4 is 15.7 Å². The molecule has 0 aromatic heterocycles. The van der Waals surface area contributed by atoms with Crippen LogP contribution in [0.15, 0.2) is 17.0 Å². The van der Waals surface area contributed by atoms with E-state index in [9.17, 15) is 8.42 Å². The van der Waals surface area contributed by atoms with Crippen molar-refractivity contribution in [2.75, 3.05) is 18.9 Å². The lowest BCUT2D eigenvalue weighted by molar-refractivity contribution is 0.242. The van der Waals surface area contributed by atoms with Gasteiger partial charge in [-0.1, -0.05) is 13.8 Å². The molecule has 5 nitrogen and oxygen atoms in total. The van der Waals surface area contributed by atoms with Gasteiger partial charge in [0.05, 0.1) is 4.90 Å². The number of nitrogens with two attached hydrogens (primary N) is 1. The van der Waals surface area contributed by atoms with E-state index in [1.165, 1.54) is 0 Å². The van der Waals surface area contributed by atoms with Gasteiger partial charge in [0.15, 0.2) is 0 Å². The predicted molar refractivity (Wildman–Crippen MR) is 85.6 cm³/mol. The molecule has 1 aromatic rings. The minimum Gasteiger partial charge on any atom is -0.398 e. The average molecular weight is 314 g/mol. The molecule has 4 N–H and O–H groups in total. The lowest BCUT2D eigenvalue weighted by atomic mass is 9.88. The van der Waals surface area contributed by atoms with Gasteiger partial charge in [-0.05, 0) is 55.4 Å². The Morgan fingerprint density at radius 2 is 1.90 bits per heavy atom. The first-order chi connectivity index (χ1) is 9.59. The zero-order chi connectivity index (χ0) is 16.3. The summed E-state index contributed by atoms with van der Waals surface area (Å²) in [5, 5.41) is 8.88. The fourth-order valence-corrected chi connectivity index (χ4v) is 3.74. The molecule has 0 heterocycles. The molecule has 0 saturated carbocycles. The summed E-state index contributed by atoms with van der Waals surface area (Å²) in [5.74, 6) is 0. The molecule has 0 bridgehead atoms. The number of rotatable bonds is 7. The van der Waals surface area contributed by atoms with Crippen LogP contribution in [0.1, 0.15) is 37.8 Å². The Morgan fingerprint density at radius 1 is 1.29 bits per heavy atom. The Labute approximate surface area is 127 Å². The number of hydrogen-bond donors (Lipinski definition) is 3. The highest BCUT2D eigenvalue weighted by Crippen LogP contribution is 2.25. The molecule has 0 spiro atoms. The van der Waals surface area contributed by atoms with Gasteiger partial charge in [0.2, 0.25) is 10.0 Å². The normalized spacial score (nSPS) is 12.6. The Hall–Kier alpha value is -1.11. The monoisotopic (exact) mass is 314 g/mol. The molecule has 0 radical (unpaired) electrons. The smallest absolute Gasteiger partial charge is 0.240 e. The number of aryl methyl sites for hydroxylation is 1. The van der Waals surface area contributed by atoms with Crippen LogP contribution in [0.2, 0.25) is 0 Å². The minimum atomic E-state index is -3.59. The maximum atomic E-state index is 12.5. The molecular formula is C15H26N2O3S. The van der Waals surface area contributed by atoms with Crippen molar-refractivity contribution in [1.29, 1.82) is 0 Å². The second-order valence-electron chi connectivity index (χ2n) is 6.29. The molecule has 21 heavy (non-hydrogen) atoms. The number of nitrogen functional groups attached to an aromatic ring is 1. The largest absolute Gasteiger partial charge is 0.398 e. The second-order valence-corrected chi connectivity index (χ2v) is 8.03. The van der Waals surface area contributed by atoms with Crippen molar-refractivity contribution in [3.63, 3.8) is 0 Å². The van der Waals surface area contributed by atoms with Gasteiger partial charge in [0.1, 0.15) is 0 Å². The fraction of sp³-hybridized carbons (Fsp3) is 0.600. The lowest BCUT2D eigenvalue weighted by Crippen LogP contribution is -2.34. The molecule has 0 aliphatic heterocycles. The van der Waals surface area contributed by atoms with Gasteiger partial charge < -0.3 is 10.8 Å². The fourth-order valence-electron chi connectivity index (χ4n) is 2.15. The summed E-state index contributed by atoms with van der Waals surface area (Å²) in [5.41, 5.74) is 7.51. The molecule has 0 amide bonds. The van der Waals surface area contributed by atoms with Gasteiger partial charge in [-0.15, -0.1) is 0 Å². The second kappa shape index (κ2) is 6.77. The zero-order valence-electron chi connectivity index (χ0n) is 13.2. The Morgan fingerprint density at radius 3 is 2.48 bits per heavy atom. The van der Waals surface area contributed by atoms with Gasteiger partial charge in [0, 0.05) is 18.8 Å². The van der Waals surface area contributed by atoms with Crippen molar-refractivity contribution in [2.45, 2.75) is 45.4 Å². The van der Waals surface area contributed by atoms with Crippen molar-refractivity contribution in [3.05, 3.63) is 23.3 Å². The van der Waals surface area contributed by atoms with E-state index in [0.29, 0.717) is 24.2 Å². The molecule has 0 atom stereocenters. The van der Waals surface area contributed by atoms with Crippen molar-refractivity contribution in [1.82, 2.24) is 4.72 Å². The van der Waals surface area contributed by atoms with Gasteiger partial charge in [-0.25, -0.2) is 13.1 Å². The number of benzene rings is 1. The number of anilines is 1. The van der Waals surface area contributed by atoms with Crippen LogP contribution in [0.3, 0.4) is 0 Å². The van der Waals surface area contributed by atoms with Crippen LogP contribution in [0.5, 0.6) is 0 Å². The van der Waals surface area contributed by atoms with Crippen LogP contribution in [0, 0.1) is 19.3 Å². The van der Waals surface area contributed by atoms with E-state index in [0.717, 1.165) is 12.0 Å². The van der Waals surface area contributed by atoms with E-state index in [1.807, 2.05) is 20.8 Å². The van der Waals surface area contributed by atoms with Crippen LogP contribution in [0.4, 0.5) is 5.69 Å². The van der Waals surface area contributed by atoms with Gasteiger partial charge >= 0.3 is 0 Å². The summed E-state index contributed by atoms with van der Waals surface area (Å²) >= 11 is 0. The van der Waals surface area contributed by atoms with E-state index in [4.69, 9.17) is 10.8 Å². The lowest BCUT2D eigenvalue weighted by Gasteiger charge is -2.25. The summed E-state index contributed by atoms with van der Waals surface area (Å²) < 4.78 is 27.6. The highest BCUT2D eigenvalue weighted by Gasteiger charge is 2.23. The first-order valence-corrected chi connectivity index (χ1v) is 8.55. The molecule has 1 rings (SSSR count). The molecule has 1 aromatic carbocycles. The molecule has 0 fully saturated rings. The third-order valence-corrected chi connectivity index (χ3v) is 5.11. The average Bonchev–Trinajstić information content (AvgIpc) is 2.38. The number of aliphatic hydroxyl groups is 1. The Kier molecular flexibility index (Phi) is 5.78. The zero-order valence-corrected chi connectivity index (χ0v) is 14.0. The van der Waals surface area contributed by atoms with Gasteiger partial charge in [0.25, 0.3) is 0 Å². The van der Waals surface area contributed by atoms with E-state index in [-0.39, 0.29) is 16.9 Å². The highest BCUT2D eigenvalue weighted by atomic mass is 32.2. The third kappa shape index (κ3) is 4.98. The van der Waals surface area contributed by atoms with Crippen LogP contribution in [0.25, 0.3) is 0 Å². The number of aliphatic hydroxyl groups excluding tert-OH is 1. The predicted octanol–water partition coefficient (Wildman–Crippen LogP) is 1.96. The van der Waals surface area contributed by atoms with E-state index in [1.54, 1.807) is 19.1 Å². The first-order valence-electron chi connectivity index (χ1n) is 7.06. The quantitative estimate of drug-likeness (QED) is 0.671. The minimum absolute atomic E-state index is 0.115. The van der Waals surface area contributed by atoms with Crippen molar-refractivity contribution in [2.24, 2.45) is 5.41 Å². The SMILES string of the molecule is Cc1cc(N)c(C)c(S(=O)(=O)NCC(C)(C)CCCO)c1. The molecule has 0 saturated heterocycles. The number of nitrogens with one attached hydrogen (secondary N) is 1. The number of sulfonamides is 1. The molecule has 0 unspecified atom stereocenters. The standard InChI is InChI=1S/C15H26N2O3S/c1-11-8-13(16)12(2)14(9-11)21(19,20)17-10-15(3,4)6-5-7-18/h8-9,17-18H,5-7,10,16H2,1-4H3. The highest BCUT2D eigenvalue weighted by molar-refractivity contribution is 7.89. The van der Waals surface area contributed by atoms with Gasteiger partial charge in [-0.2, -0.15) is 0 Å². The molecule has 0 aliphatic rings. The number of hydrogen-bond acceptors (Lipinski definition) is 4. The summed E-state index contributed by atoms with van der Waals surface area (Å²) in [6, 6.07) is 3.40. The third-order valence-electron chi connectivity index (χ3n) is 3.59. The van der Waals surface area contributed by atoms with E-state index >= 15 is 0 Å². The Balaban J connectivity index is 2.93. The van der Waals surface area contributed by atoms with Gasteiger partial charge in [-0.3, -0.25) is 0 Å². The first kappa shape index (κ1) is 17.9. The molecule has 6 heteroatoms. The van der Waals surface area contributed by atoms with Crippen LogP contribution < -0.4 is 10.5 Å². The summed E-state index contributed by atoms with van der Waals surface area (Å²) in [6.45, 7) is 7.91. The van der Waals surface area contributed by atoms with Crippen molar-refractivity contribution in [3.8, 4) is 0 Å². The topological polar surface area (TPSA) is 92.4 Å². The molecular weight excluding hydrogens is 288 g/mol. The van der Waals surface area contributed by atoms with E-state index < -0.39 is 10.0 Å². The van der Waals surface area contributed by atoms with Crippen LogP contribution >= 0.6 is 0 Å². The molecule has 0 aliphatic carbocycles. The summed E-state index contributed by atoms with van der Waals surface area (Å²) in [6.07, 6.45) is 1.41. The maximum absolute atomic E-state index is 12.5. The summed E-state index contributed by atoms with van der Waals surface area (Å²) in [7, 11) is -3.59. The van der Waals surface area contributed by atoms with Crippen LogP contribution in [-0.4, -0.2) is 26.7 Å². The maximum Gasteiger partial charge on any atom is 0.240 e.